The minimum atomic E-state index is -0.749. The van der Waals surface area contributed by atoms with Gasteiger partial charge in [-0.2, -0.15) is 0 Å². The van der Waals surface area contributed by atoms with Crippen molar-refractivity contribution in [3.05, 3.63) is 29.3 Å². The molecule has 0 radical (unpaired) electrons. The summed E-state index contributed by atoms with van der Waals surface area (Å²) in [5.74, 6) is -0.743. The molecule has 3 nitrogen and oxygen atoms in total. The predicted molar refractivity (Wildman–Crippen MR) is 56.0 cm³/mol. The van der Waals surface area contributed by atoms with E-state index in [4.69, 9.17) is 5.11 Å². The molecule has 0 fully saturated rings. The van der Waals surface area contributed by atoms with Crippen molar-refractivity contribution in [2.24, 2.45) is 5.92 Å². The molecule has 1 aromatic carbocycles. The van der Waals surface area contributed by atoms with Crippen LogP contribution in [0.1, 0.15) is 30.4 Å². The lowest BCUT2D eigenvalue weighted by Crippen LogP contribution is -2.17. The van der Waals surface area contributed by atoms with Crippen molar-refractivity contribution in [3.8, 4) is 5.75 Å². The molecule has 0 aliphatic heterocycles. The van der Waals surface area contributed by atoms with E-state index >= 15 is 0 Å². The van der Waals surface area contributed by atoms with E-state index in [0.717, 1.165) is 24.0 Å². The van der Waals surface area contributed by atoms with E-state index in [9.17, 15) is 9.90 Å². The molecular weight excluding hydrogens is 192 g/mol. The maximum Gasteiger partial charge on any atom is 0.306 e. The van der Waals surface area contributed by atoms with Gasteiger partial charge in [0.2, 0.25) is 0 Å². The van der Waals surface area contributed by atoms with Gasteiger partial charge in [-0.3, -0.25) is 4.79 Å². The SMILES string of the molecule is C[C@@H](C(=O)O)[C@@H]1CCc2cc(O)ccc21. The topological polar surface area (TPSA) is 57.5 Å². The molecule has 2 N–H and O–H groups in total. The highest BCUT2D eigenvalue weighted by atomic mass is 16.4. The quantitative estimate of drug-likeness (QED) is 0.779. The Balaban J connectivity index is 2.32. The van der Waals surface area contributed by atoms with Crippen LogP contribution in [0.15, 0.2) is 18.2 Å². The zero-order valence-corrected chi connectivity index (χ0v) is 8.60. The van der Waals surface area contributed by atoms with E-state index in [1.54, 1.807) is 19.1 Å². The molecule has 0 amide bonds. The molecule has 0 spiro atoms. The molecule has 80 valence electrons. The maximum absolute atomic E-state index is 10.9. The average molecular weight is 206 g/mol. The summed E-state index contributed by atoms with van der Waals surface area (Å²) >= 11 is 0. The molecule has 15 heavy (non-hydrogen) atoms. The first-order valence-corrected chi connectivity index (χ1v) is 5.14. The van der Waals surface area contributed by atoms with Crippen LogP contribution < -0.4 is 0 Å². The lowest BCUT2D eigenvalue weighted by molar-refractivity contribution is -0.141. The molecule has 0 saturated heterocycles. The first kappa shape index (κ1) is 10.0. The number of carboxylic acids is 1. The van der Waals surface area contributed by atoms with Gasteiger partial charge in [-0.25, -0.2) is 0 Å². The summed E-state index contributed by atoms with van der Waals surface area (Å²) in [5, 5.41) is 18.3. The van der Waals surface area contributed by atoms with Crippen LogP contribution in [-0.2, 0) is 11.2 Å². The van der Waals surface area contributed by atoms with Crippen molar-refractivity contribution < 1.29 is 15.0 Å². The molecule has 0 bridgehead atoms. The van der Waals surface area contributed by atoms with Gasteiger partial charge in [0, 0.05) is 0 Å². The van der Waals surface area contributed by atoms with Gasteiger partial charge < -0.3 is 10.2 Å². The van der Waals surface area contributed by atoms with Gasteiger partial charge in [-0.15, -0.1) is 0 Å². The van der Waals surface area contributed by atoms with E-state index in [-0.39, 0.29) is 17.6 Å². The number of carbonyl (C=O) groups is 1. The number of rotatable bonds is 2. The fourth-order valence-electron chi connectivity index (χ4n) is 2.33. The van der Waals surface area contributed by atoms with Crippen LogP contribution in [0.4, 0.5) is 0 Å². The van der Waals surface area contributed by atoms with Crippen LogP contribution in [0.2, 0.25) is 0 Å². The lowest BCUT2D eigenvalue weighted by Gasteiger charge is -2.15. The molecule has 2 atom stereocenters. The Hall–Kier alpha value is -1.51. The Morgan fingerprint density at radius 1 is 1.53 bits per heavy atom. The zero-order chi connectivity index (χ0) is 11.0. The molecule has 2 rings (SSSR count). The molecule has 3 heteroatoms. The first-order chi connectivity index (χ1) is 7.09. The van der Waals surface area contributed by atoms with Crippen LogP contribution in [0, 0.1) is 5.92 Å². The molecule has 1 aliphatic carbocycles. The Morgan fingerprint density at radius 3 is 2.93 bits per heavy atom. The first-order valence-electron chi connectivity index (χ1n) is 5.14. The molecule has 0 aromatic heterocycles. The van der Waals surface area contributed by atoms with Crippen molar-refractivity contribution in [1.82, 2.24) is 0 Å². The van der Waals surface area contributed by atoms with Gasteiger partial charge in [0.15, 0.2) is 0 Å². The average Bonchev–Trinajstić information content (AvgIpc) is 2.59. The number of phenolic OH excluding ortho intramolecular Hbond substituents is 1. The van der Waals surface area contributed by atoms with Gasteiger partial charge in [-0.1, -0.05) is 13.0 Å². The zero-order valence-electron chi connectivity index (χ0n) is 8.60. The molecule has 1 aliphatic rings. The summed E-state index contributed by atoms with van der Waals surface area (Å²) in [5.41, 5.74) is 2.18. The second kappa shape index (κ2) is 3.57. The number of carboxylic acid groups (broad SMARTS) is 1. The standard InChI is InChI=1S/C12H14O3/c1-7(12(14)15)10-4-2-8-6-9(13)3-5-11(8)10/h3,5-7,10,13H,2,4H2,1H3,(H,14,15)/t7-,10+/m1/s1. The van der Waals surface area contributed by atoms with Crippen molar-refractivity contribution in [2.45, 2.75) is 25.7 Å². The predicted octanol–water partition coefficient (Wildman–Crippen LogP) is 2.14. The number of hydrogen-bond donors (Lipinski definition) is 2. The summed E-state index contributed by atoms with van der Waals surface area (Å²) in [6, 6.07) is 5.22. The summed E-state index contributed by atoms with van der Waals surface area (Å²) in [6.07, 6.45) is 1.73. The Labute approximate surface area is 88.4 Å². The van der Waals surface area contributed by atoms with Gasteiger partial charge in [0.05, 0.1) is 5.92 Å². The number of fused-ring (bicyclic) bond motifs is 1. The number of hydrogen-bond acceptors (Lipinski definition) is 2. The third-order valence-corrected chi connectivity index (χ3v) is 3.24. The fraction of sp³-hybridized carbons (Fsp3) is 0.417. The number of aliphatic carboxylic acids is 1. The van der Waals surface area contributed by atoms with E-state index in [2.05, 4.69) is 0 Å². The van der Waals surface area contributed by atoms with Crippen molar-refractivity contribution >= 4 is 5.97 Å². The molecule has 0 heterocycles. The molecule has 0 saturated carbocycles. The monoisotopic (exact) mass is 206 g/mol. The third-order valence-electron chi connectivity index (χ3n) is 3.24. The van der Waals surface area contributed by atoms with Crippen LogP contribution >= 0.6 is 0 Å². The van der Waals surface area contributed by atoms with Crippen LogP contribution in [-0.4, -0.2) is 16.2 Å². The van der Waals surface area contributed by atoms with Crippen molar-refractivity contribution in [3.63, 3.8) is 0 Å². The summed E-state index contributed by atoms with van der Waals surface area (Å²) < 4.78 is 0. The van der Waals surface area contributed by atoms with E-state index in [0.29, 0.717) is 0 Å². The fourth-order valence-corrected chi connectivity index (χ4v) is 2.33. The summed E-state index contributed by atoms with van der Waals surface area (Å²) in [4.78, 5) is 10.9. The van der Waals surface area contributed by atoms with Gasteiger partial charge in [0.1, 0.15) is 5.75 Å². The van der Waals surface area contributed by atoms with Gasteiger partial charge in [-0.05, 0) is 42.0 Å². The summed E-state index contributed by atoms with van der Waals surface area (Å²) in [6.45, 7) is 1.74. The number of aromatic hydroxyl groups is 1. The van der Waals surface area contributed by atoms with Crippen molar-refractivity contribution in [1.29, 1.82) is 0 Å². The second-order valence-electron chi connectivity index (χ2n) is 4.16. The third kappa shape index (κ3) is 1.69. The molecular formula is C12H14O3. The Bertz CT molecular complexity index is 398. The number of benzene rings is 1. The second-order valence-corrected chi connectivity index (χ2v) is 4.16. The van der Waals surface area contributed by atoms with Gasteiger partial charge >= 0.3 is 5.97 Å². The largest absolute Gasteiger partial charge is 0.508 e. The normalized spacial score (nSPS) is 21.0. The van der Waals surface area contributed by atoms with Gasteiger partial charge in [0.25, 0.3) is 0 Å². The maximum atomic E-state index is 10.9. The molecule has 0 unspecified atom stereocenters. The number of phenols is 1. The smallest absolute Gasteiger partial charge is 0.306 e. The minimum absolute atomic E-state index is 0.0955. The highest BCUT2D eigenvalue weighted by Gasteiger charge is 2.31. The van der Waals surface area contributed by atoms with Crippen LogP contribution in [0.5, 0.6) is 5.75 Å². The van der Waals surface area contributed by atoms with Crippen molar-refractivity contribution in [2.75, 3.05) is 0 Å². The van der Waals surface area contributed by atoms with Crippen LogP contribution in [0.3, 0.4) is 0 Å². The summed E-state index contributed by atoms with van der Waals surface area (Å²) in [7, 11) is 0. The molecule has 1 aromatic rings. The minimum Gasteiger partial charge on any atom is -0.508 e. The Morgan fingerprint density at radius 2 is 2.27 bits per heavy atom. The van der Waals surface area contributed by atoms with E-state index in [1.165, 1.54) is 0 Å². The van der Waals surface area contributed by atoms with Crippen LogP contribution in [0.25, 0.3) is 0 Å². The lowest BCUT2D eigenvalue weighted by atomic mass is 9.89. The highest BCUT2D eigenvalue weighted by molar-refractivity contribution is 5.71. The van der Waals surface area contributed by atoms with E-state index in [1.807, 2.05) is 6.07 Å². The van der Waals surface area contributed by atoms with E-state index < -0.39 is 5.97 Å². The highest BCUT2D eigenvalue weighted by Crippen LogP contribution is 2.39. The Kier molecular flexibility index (Phi) is 2.39. The number of aryl methyl sites for hydroxylation is 1.